The van der Waals surface area contributed by atoms with Crippen LogP contribution in [-0.4, -0.2) is 59.0 Å². The van der Waals surface area contributed by atoms with E-state index in [-0.39, 0.29) is 27.8 Å². The molecule has 10 heteroatoms. The Hall–Kier alpha value is -2.70. The summed E-state index contributed by atoms with van der Waals surface area (Å²) in [5.41, 5.74) is 0.629. The van der Waals surface area contributed by atoms with E-state index in [1.807, 2.05) is 36.4 Å². The minimum absolute atomic E-state index is 0.113. The third-order valence-corrected chi connectivity index (χ3v) is 19.4. The van der Waals surface area contributed by atoms with Crippen LogP contribution in [0.3, 0.4) is 0 Å². The van der Waals surface area contributed by atoms with E-state index in [0.29, 0.717) is 18.5 Å². The Bertz CT molecular complexity index is 1270. The molecule has 2 bridgehead atoms. The topological polar surface area (TPSA) is 91.4 Å². The summed E-state index contributed by atoms with van der Waals surface area (Å²) in [6.07, 6.45) is 2.42. The predicted molar refractivity (Wildman–Crippen MR) is 169 cm³/mol. The number of carbonyl (C=O) groups excluding carboxylic acids is 3. The van der Waals surface area contributed by atoms with Crippen LogP contribution in [-0.2, 0) is 34.8 Å². The molecule has 0 radical (unpaired) electrons. The molecule has 8 nitrogen and oxygen atoms in total. The number of amides is 1. The highest BCUT2D eigenvalue weighted by Crippen LogP contribution is 2.55. The standard InChI is InChI=1S/C32H49NO7Si2/c1-30(2,3)41(9,10)33(29(36)39-21-22-16-14-13-15-17-22)24-20-32(40-42(11,12)31(4,5)6)19-18-23(24)25(27(34)37-7)26(32)28(35)38-8/h13-17,20,23H,18-19,21H2,1-12H3/t23-,32-/m1/s1. The largest absolute Gasteiger partial charge is 0.466 e. The van der Waals surface area contributed by atoms with Crippen LogP contribution in [0.4, 0.5) is 4.79 Å². The van der Waals surface area contributed by atoms with Crippen LogP contribution in [0.1, 0.15) is 59.9 Å². The van der Waals surface area contributed by atoms with Crippen LogP contribution >= 0.6 is 0 Å². The lowest BCUT2D eigenvalue weighted by Crippen LogP contribution is -2.62. The summed E-state index contributed by atoms with van der Waals surface area (Å²) in [4.78, 5) is 41.2. The van der Waals surface area contributed by atoms with Crippen molar-refractivity contribution in [2.45, 2.75) is 103 Å². The van der Waals surface area contributed by atoms with Crippen LogP contribution in [0.2, 0.25) is 36.3 Å². The molecule has 1 aromatic rings. The average Bonchev–Trinajstić information content (AvgIpc) is 2.89. The summed E-state index contributed by atoms with van der Waals surface area (Å²) >= 11 is 0. The summed E-state index contributed by atoms with van der Waals surface area (Å²) < 4.78 is 25.4. The molecule has 0 heterocycles. The normalized spacial score (nSPS) is 21.0. The number of esters is 2. The number of hydrogen-bond donors (Lipinski definition) is 0. The molecule has 3 aliphatic rings. The van der Waals surface area contributed by atoms with Crippen LogP contribution < -0.4 is 0 Å². The maximum atomic E-state index is 14.2. The fraction of sp³-hybridized carbons (Fsp3) is 0.594. The highest BCUT2D eigenvalue weighted by molar-refractivity contribution is 6.79. The number of carbonyl (C=O) groups is 3. The van der Waals surface area contributed by atoms with Crippen molar-refractivity contribution in [2.24, 2.45) is 5.92 Å². The second-order valence-corrected chi connectivity index (χ2v) is 24.2. The van der Waals surface area contributed by atoms with E-state index < -0.39 is 46.1 Å². The summed E-state index contributed by atoms with van der Waals surface area (Å²) in [5, 5.41) is -0.450. The second kappa shape index (κ2) is 11.8. The van der Waals surface area contributed by atoms with Crippen molar-refractivity contribution in [3.8, 4) is 0 Å². The molecule has 3 aliphatic carbocycles. The van der Waals surface area contributed by atoms with E-state index in [9.17, 15) is 14.4 Å². The van der Waals surface area contributed by atoms with Crippen LogP contribution in [0.15, 0.2) is 53.3 Å². The monoisotopic (exact) mass is 615 g/mol. The highest BCUT2D eigenvalue weighted by Gasteiger charge is 2.59. The molecule has 4 rings (SSSR count). The Morgan fingerprint density at radius 1 is 0.905 bits per heavy atom. The molecule has 2 atom stereocenters. The minimum Gasteiger partial charge on any atom is -0.466 e. The SMILES string of the molecule is COC(=O)C1=C(C(=O)OC)[C@]2(O[Si](C)(C)C(C)(C)C)C=C(N(C(=O)OCc3ccccc3)[Si](C)(C)C(C)(C)C)[C@H]1CC2. The quantitative estimate of drug-likeness (QED) is 0.172. The third-order valence-electron chi connectivity index (χ3n) is 9.66. The number of methoxy groups -OCH3 is 2. The average molecular weight is 616 g/mol. The van der Waals surface area contributed by atoms with Crippen molar-refractivity contribution in [1.82, 2.24) is 4.57 Å². The van der Waals surface area contributed by atoms with Crippen molar-refractivity contribution >= 4 is 34.6 Å². The van der Waals surface area contributed by atoms with Gasteiger partial charge in [-0.05, 0) is 47.7 Å². The number of allylic oxidation sites excluding steroid dienone is 1. The van der Waals surface area contributed by atoms with Crippen molar-refractivity contribution in [1.29, 1.82) is 0 Å². The zero-order chi connectivity index (χ0) is 31.9. The first kappa shape index (κ1) is 33.8. The lowest BCUT2D eigenvalue weighted by Gasteiger charge is -2.55. The van der Waals surface area contributed by atoms with Gasteiger partial charge in [0.05, 0.1) is 25.4 Å². The van der Waals surface area contributed by atoms with Gasteiger partial charge in [0.1, 0.15) is 12.2 Å². The van der Waals surface area contributed by atoms with Gasteiger partial charge in [-0.15, -0.1) is 0 Å². The fourth-order valence-corrected chi connectivity index (χ4v) is 8.82. The first-order chi connectivity index (χ1) is 19.2. The zero-order valence-corrected chi connectivity index (χ0v) is 29.5. The Kier molecular flexibility index (Phi) is 9.47. The molecule has 232 valence electrons. The van der Waals surface area contributed by atoms with Gasteiger partial charge in [-0.1, -0.05) is 85.0 Å². The summed E-state index contributed by atoms with van der Waals surface area (Å²) in [6.45, 7) is 21.3. The first-order valence-electron chi connectivity index (χ1n) is 14.6. The van der Waals surface area contributed by atoms with Crippen molar-refractivity contribution in [3.63, 3.8) is 0 Å². The number of rotatable bonds is 8. The Labute approximate surface area is 253 Å². The molecular formula is C32H49NO7Si2. The molecule has 0 spiro atoms. The number of fused-ring (bicyclic) bond motifs is 1. The first-order valence-corrected chi connectivity index (χ1v) is 20.4. The number of nitrogens with zero attached hydrogens (tertiary/aromatic N) is 1. The molecule has 1 aromatic carbocycles. The van der Waals surface area contributed by atoms with Gasteiger partial charge in [0.15, 0.2) is 16.6 Å². The van der Waals surface area contributed by atoms with Crippen LogP contribution in [0.25, 0.3) is 0 Å². The van der Waals surface area contributed by atoms with E-state index in [1.54, 1.807) is 4.57 Å². The van der Waals surface area contributed by atoms with E-state index in [4.69, 9.17) is 18.6 Å². The summed E-state index contributed by atoms with van der Waals surface area (Å²) in [7, 11) is -2.59. The number of hydrogen-bond acceptors (Lipinski definition) is 7. The zero-order valence-electron chi connectivity index (χ0n) is 27.5. The van der Waals surface area contributed by atoms with Crippen molar-refractivity contribution in [3.05, 3.63) is 58.8 Å². The van der Waals surface area contributed by atoms with Gasteiger partial charge in [0.25, 0.3) is 0 Å². The van der Waals surface area contributed by atoms with Gasteiger partial charge in [0, 0.05) is 11.6 Å². The summed E-state index contributed by atoms with van der Waals surface area (Å²) in [5.74, 6) is -1.81. The van der Waals surface area contributed by atoms with Gasteiger partial charge in [-0.3, -0.25) is 0 Å². The fourth-order valence-electron chi connectivity index (χ4n) is 5.28. The molecule has 0 aliphatic heterocycles. The molecule has 0 N–H and O–H groups in total. The maximum absolute atomic E-state index is 14.2. The maximum Gasteiger partial charge on any atom is 0.406 e. The molecule has 0 saturated carbocycles. The van der Waals surface area contributed by atoms with Gasteiger partial charge < -0.3 is 23.2 Å². The van der Waals surface area contributed by atoms with Crippen molar-refractivity contribution in [2.75, 3.05) is 14.2 Å². The van der Waals surface area contributed by atoms with E-state index in [2.05, 4.69) is 67.7 Å². The summed E-state index contributed by atoms with van der Waals surface area (Å²) in [6, 6.07) is 9.55. The molecule has 0 saturated heterocycles. The Morgan fingerprint density at radius 2 is 1.48 bits per heavy atom. The lowest BCUT2D eigenvalue weighted by atomic mass is 9.66. The van der Waals surface area contributed by atoms with Gasteiger partial charge in [-0.2, -0.15) is 0 Å². The molecule has 0 aromatic heterocycles. The predicted octanol–water partition coefficient (Wildman–Crippen LogP) is 7.34. The highest BCUT2D eigenvalue weighted by atomic mass is 28.4. The minimum atomic E-state index is -2.67. The molecular weight excluding hydrogens is 567 g/mol. The van der Waals surface area contributed by atoms with E-state index in [1.165, 1.54) is 14.2 Å². The number of benzene rings is 1. The van der Waals surface area contributed by atoms with Gasteiger partial charge in [-0.25, -0.2) is 14.4 Å². The third kappa shape index (κ3) is 6.16. The van der Waals surface area contributed by atoms with Crippen LogP contribution in [0.5, 0.6) is 0 Å². The van der Waals surface area contributed by atoms with E-state index >= 15 is 0 Å². The Balaban J connectivity index is 2.29. The van der Waals surface area contributed by atoms with Crippen LogP contribution in [0, 0.1) is 5.92 Å². The molecule has 1 amide bonds. The van der Waals surface area contributed by atoms with Gasteiger partial charge >= 0.3 is 18.0 Å². The molecule has 42 heavy (non-hydrogen) atoms. The molecule has 0 unspecified atom stereocenters. The smallest absolute Gasteiger partial charge is 0.406 e. The van der Waals surface area contributed by atoms with Gasteiger partial charge in [0.2, 0.25) is 0 Å². The molecule has 0 fully saturated rings. The van der Waals surface area contributed by atoms with Crippen molar-refractivity contribution < 1.29 is 33.0 Å². The lowest BCUT2D eigenvalue weighted by molar-refractivity contribution is -0.142. The number of ether oxygens (including phenoxy) is 3. The second-order valence-electron chi connectivity index (χ2n) is 14.4. The van der Waals surface area contributed by atoms with E-state index in [0.717, 1.165) is 5.56 Å². The Morgan fingerprint density at radius 3 is 1.98 bits per heavy atom.